The second-order valence-electron chi connectivity index (χ2n) is 13.4. The van der Waals surface area contributed by atoms with Gasteiger partial charge in [0.05, 0.1) is 25.3 Å². The summed E-state index contributed by atoms with van der Waals surface area (Å²) in [6.45, 7) is 10.0. The zero-order valence-electron chi connectivity index (χ0n) is 28.0. The number of rotatable bonds is 12. The lowest BCUT2D eigenvalue weighted by Crippen LogP contribution is -2.48. The Morgan fingerprint density at radius 3 is 2.49 bits per heavy atom. The van der Waals surface area contributed by atoms with Crippen molar-refractivity contribution in [2.75, 3.05) is 20.2 Å². The molecule has 2 heterocycles. The van der Waals surface area contributed by atoms with Crippen LogP contribution in [0.2, 0.25) is 0 Å². The molecule has 1 saturated heterocycles. The van der Waals surface area contributed by atoms with E-state index in [9.17, 15) is 14.7 Å². The fourth-order valence-electron chi connectivity index (χ4n) is 5.99. The highest BCUT2D eigenvalue weighted by Gasteiger charge is 2.33. The summed E-state index contributed by atoms with van der Waals surface area (Å²) < 4.78 is 5.53. The van der Waals surface area contributed by atoms with Crippen LogP contribution in [0.1, 0.15) is 87.8 Å². The Hall–Kier alpha value is -4.05. The molecule has 2 amide bonds. The number of ether oxygens (including phenoxy) is 1. The van der Waals surface area contributed by atoms with Gasteiger partial charge < -0.3 is 25.4 Å². The van der Waals surface area contributed by atoms with Crippen molar-refractivity contribution in [1.82, 2.24) is 20.5 Å². The molecule has 3 atom stereocenters. The van der Waals surface area contributed by atoms with E-state index >= 15 is 0 Å². The minimum atomic E-state index is -0.872. The third-order valence-corrected chi connectivity index (χ3v) is 9.71. The Morgan fingerprint density at radius 2 is 1.79 bits per heavy atom. The molecule has 1 aliphatic heterocycles. The first-order valence-corrected chi connectivity index (χ1v) is 17.1. The van der Waals surface area contributed by atoms with Gasteiger partial charge in [-0.15, -0.1) is 11.3 Å². The highest BCUT2D eigenvalue weighted by Crippen LogP contribution is 2.35. The Balaban J connectivity index is 1.31. The number of carbonyl (C=O) groups is 2. The molecule has 1 aromatic heterocycles. The first-order chi connectivity index (χ1) is 22.5. The average Bonchev–Trinajstić information content (AvgIpc) is 3.73. The number of likely N-dealkylation sites (tertiary alicyclic amines) is 1. The SMILES string of the molecule is COc1cc(C(=O)N[C@@H](Cc2ccccc2)[C@@H](O)CNCc2cccc(C(C)(C)C)c2)cc(C(=O)N2CCC[C@@H]2c2nc(C)cs2)c1. The molecule has 0 aliphatic carbocycles. The molecule has 3 N–H and O–H groups in total. The van der Waals surface area contributed by atoms with Crippen LogP contribution in [-0.4, -0.2) is 59.1 Å². The number of hydrogen-bond acceptors (Lipinski definition) is 7. The van der Waals surface area contributed by atoms with Gasteiger partial charge in [0.1, 0.15) is 10.8 Å². The number of nitrogens with one attached hydrogen (secondary N) is 2. The van der Waals surface area contributed by atoms with Crippen LogP contribution in [0.3, 0.4) is 0 Å². The van der Waals surface area contributed by atoms with Crippen LogP contribution < -0.4 is 15.4 Å². The van der Waals surface area contributed by atoms with E-state index in [1.54, 1.807) is 29.5 Å². The van der Waals surface area contributed by atoms with Crippen molar-refractivity contribution in [1.29, 1.82) is 0 Å². The van der Waals surface area contributed by atoms with Crippen molar-refractivity contribution in [3.05, 3.63) is 117 Å². The molecule has 0 radical (unpaired) electrons. The number of aryl methyl sites for hydroxylation is 1. The van der Waals surface area contributed by atoms with Crippen molar-refractivity contribution in [2.24, 2.45) is 0 Å². The maximum Gasteiger partial charge on any atom is 0.254 e. The Morgan fingerprint density at radius 1 is 1.04 bits per heavy atom. The van der Waals surface area contributed by atoms with Crippen LogP contribution in [0.4, 0.5) is 0 Å². The van der Waals surface area contributed by atoms with Crippen molar-refractivity contribution in [3.63, 3.8) is 0 Å². The molecule has 4 aromatic rings. The summed E-state index contributed by atoms with van der Waals surface area (Å²) in [5, 5.41) is 20.8. The third kappa shape index (κ3) is 8.86. The minimum Gasteiger partial charge on any atom is -0.497 e. The van der Waals surface area contributed by atoms with Gasteiger partial charge in [0.25, 0.3) is 11.8 Å². The molecule has 1 aliphatic rings. The van der Waals surface area contributed by atoms with Crippen LogP contribution in [0, 0.1) is 6.92 Å². The summed E-state index contributed by atoms with van der Waals surface area (Å²) in [7, 11) is 1.52. The minimum absolute atomic E-state index is 0.0434. The number of hydrogen-bond donors (Lipinski definition) is 3. The van der Waals surface area contributed by atoms with Gasteiger partial charge in [0.15, 0.2) is 0 Å². The summed E-state index contributed by atoms with van der Waals surface area (Å²) in [6, 6.07) is 22.5. The average molecular weight is 655 g/mol. The van der Waals surface area contributed by atoms with Gasteiger partial charge in [-0.2, -0.15) is 0 Å². The van der Waals surface area contributed by atoms with Crippen molar-refractivity contribution >= 4 is 23.2 Å². The third-order valence-electron chi connectivity index (χ3n) is 8.64. The Kier molecular flexibility index (Phi) is 11.1. The van der Waals surface area contributed by atoms with Crippen LogP contribution in [0.25, 0.3) is 0 Å². The molecule has 248 valence electrons. The molecule has 47 heavy (non-hydrogen) atoms. The van der Waals surface area contributed by atoms with Crippen LogP contribution in [-0.2, 0) is 18.4 Å². The van der Waals surface area contributed by atoms with E-state index in [4.69, 9.17) is 4.74 Å². The molecule has 8 nitrogen and oxygen atoms in total. The van der Waals surface area contributed by atoms with E-state index in [1.165, 1.54) is 12.7 Å². The molecule has 1 fully saturated rings. The normalized spacial score (nSPS) is 16.1. The second-order valence-corrected chi connectivity index (χ2v) is 14.2. The lowest BCUT2D eigenvalue weighted by atomic mass is 9.86. The summed E-state index contributed by atoms with van der Waals surface area (Å²) in [5.74, 6) is -0.126. The molecular weight excluding hydrogens is 609 g/mol. The Labute approximate surface area is 282 Å². The predicted octanol–water partition coefficient (Wildman–Crippen LogP) is 6.23. The number of amides is 2. The number of aromatic nitrogens is 1. The summed E-state index contributed by atoms with van der Waals surface area (Å²) >= 11 is 1.57. The maximum atomic E-state index is 13.8. The van der Waals surface area contributed by atoms with Crippen LogP contribution in [0.15, 0.2) is 78.2 Å². The monoisotopic (exact) mass is 654 g/mol. The zero-order valence-corrected chi connectivity index (χ0v) is 28.8. The number of aliphatic hydroxyl groups is 1. The molecule has 3 aromatic carbocycles. The molecule has 0 unspecified atom stereocenters. The number of benzene rings is 3. The topological polar surface area (TPSA) is 104 Å². The Bertz CT molecular complexity index is 1670. The smallest absolute Gasteiger partial charge is 0.254 e. The van der Waals surface area contributed by atoms with Gasteiger partial charge >= 0.3 is 0 Å². The lowest BCUT2D eigenvalue weighted by molar-refractivity contribution is 0.0735. The van der Waals surface area contributed by atoms with Gasteiger partial charge in [0.2, 0.25) is 0 Å². The summed E-state index contributed by atoms with van der Waals surface area (Å²) in [4.78, 5) is 34.1. The first kappa shape index (κ1) is 34.3. The number of thiazole rings is 1. The maximum absolute atomic E-state index is 13.8. The van der Waals surface area contributed by atoms with Crippen molar-refractivity contribution in [2.45, 2.75) is 77.1 Å². The van der Waals surface area contributed by atoms with Gasteiger partial charge in [-0.3, -0.25) is 9.59 Å². The zero-order chi connectivity index (χ0) is 33.6. The van der Waals surface area contributed by atoms with Gasteiger partial charge in [0, 0.05) is 41.8 Å². The van der Waals surface area contributed by atoms with Gasteiger partial charge in [-0.25, -0.2) is 4.98 Å². The van der Waals surface area contributed by atoms with Gasteiger partial charge in [-0.05, 0) is 66.5 Å². The van der Waals surface area contributed by atoms with Crippen LogP contribution >= 0.6 is 11.3 Å². The van der Waals surface area contributed by atoms with E-state index < -0.39 is 12.1 Å². The fourth-order valence-corrected chi connectivity index (χ4v) is 6.93. The molecule has 0 saturated carbocycles. The number of nitrogens with zero attached hydrogens (tertiary/aromatic N) is 2. The quantitative estimate of drug-likeness (QED) is 0.168. The molecule has 0 spiro atoms. The number of methoxy groups -OCH3 is 1. The van der Waals surface area contributed by atoms with Crippen LogP contribution in [0.5, 0.6) is 5.75 Å². The van der Waals surface area contributed by atoms with Crippen molar-refractivity contribution in [3.8, 4) is 5.75 Å². The van der Waals surface area contributed by atoms with Crippen molar-refractivity contribution < 1.29 is 19.4 Å². The summed E-state index contributed by atoms with van der Waals surface area (Å²) in [5.41, 5.74) is 5.05. The van der Waals surface area contributed by atoms with E-state index in [2.05, 4.69) is 60.7 Å². The molecular formula is C38H46N4O4S. The van der Waals surface area contributed by atoms with Gasteiger partial charge in [-0.1, -0.05) is 75.4 Å². The summed E-state index contributed by atoms with van der Waals surface area (Å²) in [6.07, 6.45) is 1.31. The lowest BCUT2D eigenvalue weighted by Gasteiger charge is -2.26. The largest absolute Gasteiger partial charge is 0.497 e. The highest BCUT2D eigenvalue weighted by molar-refractivity contribution is 7.09. The van der Waals surface area contributed by atoms with E-state index in [-0.39, 0.29) is 29.8 Å². The van der Waals surface area contributed by atoms with E-state index in [0.29, 0.717) is 36.4 Å². The predicted molar refractivity (Wildman–Crippen MR) is 187 cm³/mol. The van der Waals surface area contributed by atoms with E-state index in [0.717, 1.165) is 34.7 Å². The molecule has 0 bridgehead atoms. The molecule has 9 heteroatoms. The first-order valence-electron chi connectivity index (χ1n) is 16.3. The number of aliphatic hydroxyl groups excluding tert-OH is 1. The standard InChI is InChI=1S/C38H46N4O4S/c1-25-24-47-36(40-25)33-15-10-16-42(33)37(45)29-19-28(20-31(21-29)46-5)35(44)41-32(18-26-11-7-6-8-12-26)34(43)23-39-22-27-13-9-14-30(17-27)38(2,3)4/h6-9,11-14,17,19-21,24,32-34,39,43H,10,15-16,18,22-23H2,1-5H3,(H,41,44)/t32-,33+,34-/m0/s1. The molecule has 5 rings (SSSR count). The fraction of sp³-hybridized carbons (Fsp3) is 0.395. The van der Waals surface area contributed by atoms with E-state index in [1.807, 2.05) is 47.5 Å². The second kappa shape index (κ2) is 15.2. The highest BCUT2D eigenvalue weighted by atomic mass is 32.1. The number of carbonyl (C=O) groups excluding carboxylic acids is 2.